The van der Waals surface area contributed by atoms with Crippen LogP contribution in [0.25, 0.3) is 0 Å². The van der Waals surface area contributed by atoms with E-state index in [-0.39, 0.29) is 0 Å². The Morgan fingerprint density at radius 2 is 0.812 bits per heavy atom. The van der Waals surface area contributed by atoms with Crippen molar-refractivity contribution in [3.05, 3.63) is 29.8 Å². The van der Waals surface area contributed by atoms with Crippen LogP contribution in [0.1, 0.15) is 148 Å². The van der Waals surface area contributed by atoms with E-state index in [2.05, 4.69) is 73.5 Å². The summed E-state index contributed by atoms with van der Waals surface area (Å²) in [6.45, 7) is 4.53. The van der Waals surface area contributed by atoms with Crippen molar-refractivity contribution < 1.29 is 0 Å². The predicted octanol–water partition coefficient (Wildman–Crippen LogP) is 9.44. The van der Waals surface area contributed by atoms with E-state index in [0.29, 0.717) is 0 Å². The molecule has 0 aliphatic rings. The number of hydrogen-bond donors (Lipinski definition) is 0. The zero-order valence-corrected chi connectivity index (χ0v) is 22.9. The van der Waals surface area contributed by atoms with Gasteiger partial charge in [-0.3, -0.25) is 0 Å². The number of benzene rings is 1. The fourth-order valence-electron chi connectivity index (χ4n) is 4.29. The van der Waals surface area contributed by atoms with Gasteiger partial charge in [-0.2, -0.15) is 0 Å². The molecule has 0 nitrogen and oxygen atoms in total. The van der Waals surface area contributed by atoms with Gasteiger partial charge < -0.3 is 0 Å². The first-order chi connectivity index (χ1) is 15.7. The maximum atomic E-state index is 2.30. The Labute approximate surface area is 222 Å². The first-order valence-electron chi connectivity index (χ1n) is 14.8. The molecule has 0 bridgehead atoms. The Kier molecular flexibility index (Phi) is 28.0. The van der Waals surface area contributed by atoms with Crippen LogP contribution in [0.15, 0.2) is 24.3 Å². The first-order valence-corrected chi connectivity index (χ1v) is 14.8. The van der Waals surface area contributed by atoms with Crippen LogP contribution in [0, 0.1) is 0 Å². The van der Waals surface area contributed by atoms with Gasteiger partial charge in [-0.05, 0) is 0 Å². The van der Waals surface area contributed by atoms with Crippen LogP contribution in [0.5, 0.6) is 0 Å². The van der Waals surface area contributed by atoms with Crippen molar-refractivity contribution in [3.63, 3.8) is 0 Å². The second kappa shape index (κ2) is 27.7. The SMILES string of the molecule is [Li][CH2]CCCCCCCCCCCCCCCCCCC.[Li][c]1ccc(CCCC)cc1. The van der Waals surface area contributed by atoms with Crippen molar-refractivity contribution in [2.45, 2.75) is 154 Å². The molecule has 2 heteroatoms. The minimum atomic E-state index is 1.23. The van der Waals surface area contributed by atoms with Crippen LogP contribution in [0.3, 0.4) is 0 Å². The van der Waals surface area contributed by atoms with Crippen molar-refractivity contribution in [3.8, 4) is 0 Å². The van der Waals surface area contributed by atoms with E-state index in [0.717, 1.165) is 0 Å². The summed E-state index contributed by atoms with van der Waals surface area (Å²) in [5, 5.41) is 1.37. The van der Waals surface area contributed by atoms with Crippen molar-refractivity contribution in [1.29, 1.82) is 0 Å². The molecule has 0 fully saturated rings. The molecule has 176 valence electrons. The van der Waals surface area contributed by atoms with E-state index in [9.17, 15) is 0 Å². The number of unbranched alkanes of at least 4 members (excludes halogenated alkanes) is 18. The van der Waals surface area contributed by atoms with E-state index >= 15 is 0 Å². The number of aryl methyl sites for hydroxylation is 1. The fourth-order valence-corrected chi connectivity index (χ4v) is 4.29. The fraction of sp³-hybridized carbons (Fsp3) is 0.800. The third-order valence-corrected chi connectivity index (χ3v) is 6.65. The molecule has 0 radical (unpaired) electrons. The van der Waals surface area contributed by atoms with Crippen LogP contribution in [-0.2, 0) is 6.42 Å². The van der Waals surface area contributed by atoms with E-state index in [1.54, 1.807) is 0 Å². The van der Waals surface area contributed by atoms with Gasteiger partial charge >= 0.3 is 171 Å². The maximum absolute atomic E-state index is 2.30. The first kappa shape index (κ1) is 32.4. The summed E-state index contributed by atoms with van der Waals surface area (Å²) in [4.78, 5) is 0. The Morgan fingerprint density at radius 3 is 1.16 bits per heavy atom. The number of rotatable bonds is 21. The van der Waals surface area contributed by atoms with Crippen LogP contribution >= 0.6 is 0 Å². The molecule has 1 aromatic rings. The monoisotopic (exact) mass is 428 g/mol. The Bertz CT molecular complexity index is 436. The van der Waals surface area contributed by atoms with Gasteiger partial charge in [0.2, 0.25) is 0 Å². The van der Waals surface area contributed by atoms with Gasteiger partial charge in [0.25, 0.3) is 0 Å². The van der Waals surface area contributed by atoms with Gasteiger partial charge in [-0.15, -0.1) is 0 Å². The number of hydrogen-bond acceptors (Lipinski definition) is 0. The molecule has 0 saturated heterocycles. The van der Waals surface area contributed by atoms with Crippen molar-refractivity contribution in [1.82, 2.24) is 0 Å². The molecule has 0 aromatic heterocycles. The third kappa shape index (κ3) is 25.0. The van der Waals surface area contributed by atoms with Crippen LogP contribution in [0.2, 0.25) is 5.09 Å². The van der Waals surface area contributed by atoms with Crippen molar-refractivity contribution in [2.75, 3.05) is 0 Å². The summed E-state index contributed by atoms with van der Waals surface area (Å²) in [6, 6.07) is 8.83. The van der Waals surface area contributed by atoms with Gasteiger partial charge in [0.05, 0.1) is 0 Å². The van der Waals surface area contributed by atoms with Gasteiger partial charge in [-0.1, -0.05) is 51.9 Å². The molecule has 0 amide bonds. The predicted molar refractivity (Wildman–Crippen MR) is 150 cm³/mol. The Balaban J connectivity index is 0.000000726. The zero-order chi connectivity index (χ0) is 23.5. The van der Waals surface area contributed by atoms with Crippen molar-refractivity contribution in [2.24, 2.45) is 0 Å². The van der Waals surface area contributed by atoms with Gasteiger partial charge in [0.1, 0.15) is 0 Å². The van der Waals surface area contributed by atoms with Gasteiger partial charge in [-0.25, -0.2) is 0 Å². The molecule has 0 aliphatic carbocycles. The Morgan fingerprint density at radius 1 is 0.469 bits per heavy atom. The second-order valence-electron chi connectivity index (χ2n) is 10.1. The van der Waals surface area contributed by atoms with E-state index in [4.69, 9.17) is 0 Å². The molecule has 0 heterocycles. The molecular weight excluding hydrogens is 374 g/mol. The molecule has 32 heavy (non-hydrogen) atoms. The third-order valence-electron chi connectivity index (χ3n) is 6.65. The van der Waals surface area contributed by atoms with Gasteiger partial charge in [0.15, 0.2) is 0 Å². The zero-order valence-electron chi connectivity index (χ0n) is 22.9. The minimum absolute atomic E-state index is 1.23. The van der Waals surface area contributed by atoms with Gasteiger partial charge in [0, 0.05) is 0 Å². The van der Waals surface area contributed by atoms with E-state index < -0.39 is 0 Å². The average molecular weight is 429 g/mol. The summed E-state index contributed by atoms with van der Waals surface area (Å²) in [6.07, 6.45) is 30.4. The molecule has 1 aromatic carbocycles. The quantitative estimate of drug-likeness (QED) is 0.135. The van der Waals surface area contributed by atoms with E-state index in [1.807, 2.05) is 0 Å². The average Bonchev–Trinajstić information content (AvgIpc) is 2.81. The van der Waals surface area contributed by atoms with Crippen LogP contribution < -0.4 is 4.24 Å². The topological polar surface area (TPSA) is 0 Å². The molecule has 0 unspecified atom stereocenters. The molecule has 0 saturated carbocycles. The summed E-state index contributed by atoms with van der Waals surface area (Å²) >= 11 is 4.43. The molecule has 0 spiro atoms. The normalized spacial score (nSPS) is 10.8. The molecular formula is C30H54Li2. The summed E-state index contributed by atoms with van der Waals surface area (Å²) in [7, 11) is 0. The summed E-state index contributed by atoms with van der Waals surface area (Å²) in [5.74, 6) is 0. The van der Waals surface area contributed by atoms with Crippen LogP contribution in [0.4, 0.5) is 0 Å². The van der Waals surface area contributed by atoms with E-state index in [1.165, 1.54) is 150 Å². The molecule has 0 N–H and O–H groups in total. The summed E-state index contributed by atoms with van der Waals surface area (Å²) < 4.78 is 1.35. The van der Waals surface area contributed by atoms with Crippen LogP contribution in [-0.4, -0.2) is 35.4 Å². The second-order valence-corrected chi connectivity index (χ2v) is 10.1. The van der Waals surface area contributed by atoms with Crippen molar-refractivity contribution >= 4 is 39.7 Å². The molecule has 1 rings (SSSR count). The molecule has 0 atom stereocenters. The molecule has 0 aliphatic heterocycles. The summed E-state index contributed by atoms with van der Waals surface area (Å²) in [5.41, 5.74) is 1.47. The Hall–Kier alpha value is 0.415. The standard InChI is InChI=1S/C20H41.C10H13.2Li/c1-3-5-7-9-11-13-15-17-19-20-18-16-14-12-10-8-6-4-2;1-2-3-7-10-8-5-4-6-9-10;;/h1,3-20H2,2H3;5-6,8-9H,2-3,7H2,1H3;;.